The molecule has 0 bridgehead atoms. The van der Waals surface area contributed by atoms with Crippen LogP contribution in [-0.4, -0.2) is 5.78 Å². The van der Waals surface area contributed by atoms with Crippen LogP contribution in [0.15, 0.2) is 34.8 Å². The molecule has 1 aromatic carbocycles. The maximum atomic E-state index is 11.8. The second-order valence-corrected chi connectivity index (χ2v) is 7.07. The Morgan fingerprint density at radius 3 is 2.78 bits per heavy atom. The molecule has 1 aromatic heterocycles. The summed E-state index contributed by atoms with van der Waals surface area (Å²) in [6.07, 6.45) is 1.54. The summed E-state index contributed by atoms with van der Waals surface area (Å²) in [4.78, 5) is 13.8. The van der Waals surface area contributed by atoms with Gasteiger partial charge in [0.05, 0.1) is 4.88 Å². The molecule has 1 nitrogen and oxygen atoms in total. The summed E-state index contributed by atoms with van der Waals surface area (Å²) in [6, 6.07) is 10.2. The van der Waals surface area contributed by atoms with Gasteiger partial charge in [0.15, 0.2) is 5.78 Å². The first kappa shape index (κ1) is 14.2. The molecule has 0 saturated carbocycles. The van der Waals surface area contributed by atoms with Crippen molar-refractivity contribution in [1.29, 1.82) is 0 Å². The van der Waals surface area contributed by atoms with Crippen molar-refractivity contribution in [2.24, 2.45) is 0 Å². The van der Waals surface area contributed by atoms with Crippen LogP contribution in [0.1, 0.15) is 29.4 Å². The summed E-state index contributed by atoms with van der Waals surface area (Å²) in [6.45, 7) is 2.03. The van der Waals surface area contributed by atoms with Gasteiger partial charge in [0, 0.05) is 19.3 Å². The summed E-state index contributed by atoms with van der Waals surface area (Å²) >= 11 is 7.40. The minimum Gasteiger partial charge on any atom is -0.293 e. The summed E-state index contributed by atoms with van der Waals surface area (Å²) in [5.74, 6) is 0.248. The standard InChI is InChI=1S/C14H12BrIOS/c1-2-3-12(17)14-7-6-13(18-14)9-4-5-11(16)10(15)8-9/h4-8H,2-3H2,1H3. The number of hydrogen-bond acceptors (Lipinski definition) is 2. The van der Waals surface area contributed by atoms with Crippen LogP contribution in [0.5, 0.6) is 0 Å². The highest BCUT2D eigenvalue weighted by atomic mass is 127. The average Bonchev–Trinajstić information content (AvgIpc) is 2.82. The van der Waals surface area contributed by atoms with Crippen molar-refractivity contribution in [1.82, 2.24) is 0 Å². The molecule has 0 unspecified atom stereocenters. The molecule has 2 aromatic rings. The summed E-state index contributed by atoms with van der Waals surface area (Å²) < 4.78 is 2.28. The van der Waals surface area contributed by atoms with E-state index in [1.54, 1.807) is 11.3 Å². The van der Waals surface area contributed by atoms with Crippen LogP contribution in [0, 0.1) is 3.57 Å². The fourth-order valence-corrected chi connectivity index (χ4v) is 3.33. The van der Waals surface area contributed by atoms with Crippen molar-refractivity contribution in [2.75, 3.05) is 0 Å². The molecule has 1 heterocycles. The Kier molecular flexibility index (Phi) is 4.98. The SMILES string of the molecule is CCCC(=O)c1ccc(-c2ccc(I)c(Br)c2)s1. The largest absolute Gasteiger partial charge is 0.293 e. The fraction of sp³-hybridized carbons (Fsp3) is 0.214. The Bertz CT molecular complexity index is 577. The van der Waals surface area contributed by atoms with Crippen LogP contribution in [0.25, 0.3) is 10.4 Å². The number of Topliss-reactive ketones (excluding diaryl/α,β-unsaturated/α-hetero) is 1. The molecule has 0 fully saturated rings. The first-order valence-corrected chi connectivity index (χ1v) is 8.39. The highest BCUT2D eigenvalue weighted by Gasteiger charge is 2.10. The Morgan fingerprint density at radius 1 is 1.33 bits per heavy atom. The van der Waals surface area contributed by atoms with E-state index in [-0.39, 0.29) is 5.78 Å². The van der Waals surface area contributed by atoms with Gasteiger partial charge < -0.3 is 0 Å². The minimum absolute atomic E-state index is 0.248. The van der Waals surface area contributed by atoms with E-state index >= 15 is 0 Å². The van der Waals surface area contributed by atoms with Gasteiger partial charge in [0.1, 0.15) is 0 Å². The quantitative estimate of drug-likeness (QED) is 0.441. The van der Waals surface area contributed by atoms with Crippen molar-refractivity contribution in [3.8, 4) is 10.4 Å². The number of ketones is 1. The van der Waals surface area contributed by atoms with E-state index in [1.807, 2.05) is 19.1 Å². The van der Waals surface area contributed by atoms with Crippen LogP contribution >= 0.6 is 49.9 Å². The van der Waals surface area contributed by atoms with Gasteiger partial charge in [-0.05, 0) is 74.8 Å². The van der Waals surface area contributed by atoms with Gasteiger partial charge in [-0.15, -0.1) is 11.3 Å². The third kappa shape index (κ3) is 3.22. The predicted octanol–water partition coefficient (Wildman–Crippen LogP) is 5.77. The van der Waals surface area contributed by atoms with Crippen LogP contribution < -0.4 is 0 Å². The summed E-state index contributed by atoms with van der Waals surface area (Å²) in [5.41, 5.74) is 1.16. The van der Waals surface area contributed by atoms with E-state index in [0.717, 1.165) is 26.2 Å². The molecule has 2 rings (SSSR count). The molecule has 18 heavy (non-hydrogen) atoms. The van der Waals surface area contributed by atoms with Crippen molar-refractivity contribution < 1.29 is 4.79 Å². The number of benzene rings is 1. The lowest BCUT2D eigenvalue weighted by atomic mass is 10.2. The van der Waals surface area contributed by atoms with Crippen LogP contribution in [-0.2, 0) is 0 Å². The Hall–Kier alpha value is -0.200. The zero-order chi connectivity index (χ0) is 13.1. The van der Waals surface area contributed by atoms with Gasteiger partial charge in [0.25, 0.3) is 0 Å². The average molecular weight is 435 g/mol. The van der Waals surface area contributed by atoms with Gasteiger partial charge in [-0.3, -0.25) is 4.79 Å². The predicted molar refractivity (Wildman–Crippen MR) is 89.4 cm³/mol. The maximum absolute atomic E-state index is 11.8. The van der Waals surface area contributed by atoms with Gasteiger partial charge in [-0.25, -0.2) is 0 Å². The molecule has 0 saturated heterocycles. The lowest BCUT2D eigenvalue weighted by molar-refractivity contribution is 0.0985. The van der Waals surface area contributed by atoms with Crippen molar-refractivity contribution in [2.45, 2.75) is 19.8 Å². The molecule has 0 atom stereocenters. The second kappa shape index (κ2) is 6.30. The molecule has 0 aliphatic heterocycles. The maximum Gasteiger partial charge on any atom is 0.172 e. The van der Waals surface area contributed by atoms with E-state index in [9.17, 15) is 4.79 Å². The first-order chi connectivity index (χ1) is 8.61. The molecule has 0 radical (unpaired) electrons. The van der Waals surface area contributed by atoms with Crippen LogP contribution in [0.4, 0.5) is 0 Å². The molecular formula is C14H12BrIOS. The third-order valence-electron chi connectivity index (χ3n) is 2.56. The normalized spacial score (nSPS) is 10.6. The third-order valence-corrected chi connectivity index (χ3v) is 6.08. The molecule has 0 aliphatic carbocycles. The smallest absolute Gasteiger partial charge is 0.172 e. The number of carbonyl (C=O) groups is 1. The number of hydrogen-bond donors (Lipinski definition) is 0. The monoisotopic (exact) mass is 434 g/mol. The highest BCUT2D eigenvalue weighted by molar-refractivity contribution is 14.1. The van der Waals surface area contributed by atoms with Gasteiger partial charge in [0.2, 0.25) is 0 Å². The Balaban J connectivity index is 2.29. The molecule has 0 spiro atoms. The number of carbonyl (C=O) groups excluding carboxylic acids is 1. The summed E-state index contributed by atoms with van der Waals surface area (Å²) in [7, 11) is 0. The number of thiophene rings is 1. The lowest BCUT2D eigenvalue weighted by Crippen LogP contribution is -1.93. The van der Waals surface area contributed by atoms with E-state index in [2.05, 4.69) is 56.7 Å². The zero-order valence-electron chi connectivity index (χ0n) is 9.87. The fourth-order valence-electron chi connectivity index (χ4n) is 1.64. The number of halogens is 2. The van der Waals surface area contributed by atoms with Crippen LogP contribution in [0.3, 0.4) is 0 Å². The highest BCUT2D eigenvalue weighted by Crippen LogP contribution is 2.32. The van der Waals surface area contributed by atoms with E-state index < -0.39 is 0 Å². The Labute approximate surface area is 133 Å². The molecule has 4 heteroatoms. The second-order valence-electron chi connectivity index (χ2n) is 3.97. The lowest BCUT2D eigenvalue weighted by Gasteiger charge is -2.00. The number of rotatable bonds is 4. The van der Waals surface area contributed by atoms with Gasteiger partial charge in [-0.1, -0.05) is 13.0 Å². The zero-order valence-corrected chi connectivity index (χ0v) is 14.4. The molecule has 94 valence electrons. The summed E-state index contributed by atoms with van der Waals surface area (Å²) in [5, 5.41) is 0. The molecule has 0 N–H and O–H groups in total. The van der Waals surface area contributed by atoms with Crippen LogP contribution in [0.2, 0.25) is 0 Å². The van der Waals surface area contributed by atoms with Crippen molar-refractivity contribution in [3.63, 3.8) is 0 Å². The van der Waals surface area contributed by atoms with Crippen molar-refractivity contribution >= 4 is 55.6 Å². The van der Waals surface area contributed by atoms with E-state index in [1.165, 1.54) is 3.57 Å². The van der Waals surface area contributed by atoms with E-state index in [0.29, 0.717) is 6.42 Å². The van der Waals surface area contributed by atoms with Gasteiger partial charge >= 0.3 is 0 Å². The van der Waals surface area contributed by atoms with Crippen molar-refractivity contribution in [3.05, 3.63) is 43.3 Å². The van der Waals surface area contributed by atoms with Gasteiger partial charge in [-0.2, -0.15) is 0 Å². The molecule has 0 aliphatic rings. The minimum atomic E-state index is 0.248. The topological polar surface area (TPSA) is 17.1 Å². The van der Waals surface area contributed by atoms with E-state index in [4.69, 9.17) is 0 Å². The Morgan fingerprint density at radius 2 is 2.11 bits per heavy atom. The molecule has 0 amide bonds. The first-order valence-electron chi connectivity index (χ1n) is 5.70. The molecular weight excluding hydrogens is 423 g/mol.